The van der Waals surface area contributed by atoms with Crippen molar-refractivity contribution < 1.29 is 13.9 Å². The third-order valence-electron chi connectivity index (χ3n) is 5.09. The molecule has 6 heteroatoms. The van der Waals surface area contributed by atoms with E-state index in [-0.39, 0.29) is 11.9 Å². The van der Waals surface area contributed by atoms with Gasteiger partial charge in [0.15, 0.2) is 0 Å². The van der Waals surface area contributed by atoms with E-state index < -0.39 is 0 Å². The molecule has 1 atom stereocenters. The van der Waals surface area contributed by atoms with E-state index in [0.717, 1.165) is 36.3 Å². The molecule has 1 aromatic carbocycles. The SMILES string of the molecule is COc1ccccc1Cc1cnc([C@H]2CCCCN2C(=O)c2cccnc2)o1. The lowest BCUT2D eigenvalue weighted by molar-refractivity contribution is 0.0569. The van der Waals surface area contributed by atoms with E-state index in [1.807, 2.05) is 29.2 Å². The summed E-state index contributed by atoms with van der Waals surface area (Å²) in [6.45, 7) is 0.697. The maximum absolute atomic E-state index is 13.0. The van der Waals surface area contributed by atoms with Crippen LogP contribution in [0.5, 0.6) is 5.75 Å². The molecule has 0 saturated carbocycles. The monoisotopic (exact) mass is 377 g/mol. The molecule has 0 radical (unpaired) electrons. The highest BCUT2D eigenvalue weighted by Crippen LogP contribution is 2.32. The fraction of sp³-hybridized carbons (Fsp3) is 0.318. The first-order valence-corrected chi connectivity index (χ1v) is 9.54. The first-order chi connectivity index (χ1) is 13.8. The fourth-order valence-electron chi connectivity index (χ4n) is 3.68. The van der Waals surface area contributed by atoms with Crippen LogP contribution >= 0.6 is 0 Å². The summed E-state index contributed by atoms with van der Waals surface area (Å²) in [5, 5.41) is 0. The largest absolute Gasteiger partial charge is 0.496 e. The number of amides is 1. The van der Waals surface area contributed by atoms with Gasteiger partial charge in [0.1, 0.15) is 17.6 Å². The number of carbonyl (C=O) groups excluding carboxylic acids is 1. The van der Waals surface area contributed by atoms with Crippen molar-refractivity contribution in [2.45, 2.75) is 31.7 Å². The quantitative estimate of drug-likeness (QED) is 0.671. The highest BCUT2D eigenvalue weighted by atomic mass is 16.5. The van der Waals surface area contributed by atoms with E-state index in [4.69, 9.17) is 9.15 Å². The summed E-state index contributed by atoms with van der Waals surface area (Å²) >= 11 is 0. The Morgan fingerprint density at radius 3 is 2.93 bits per heavy atom. The van der Waals surface area contributed by atoms with Gasteiger partial charge in [-0.25, -0.2) is 4.98 Å². The molecular weight excluding hydrogens is 354 g/mol. The average Bonchev–Trinajstić information content (AvgIpc) is 3.22. The molecule has 3 heterocycles. The molecule has 0 aliphatic carbocycles. The lowest BCUT2D eigenvalue weighted by Gasteiger charge is -2.33. The van der Waals surface area contributed by atoms with Crippen LogP contribution in [0.2, 0.25) is 0 Å². The van der Waals surface area contributed by atoms with Gasteiger partial charge in [-0.05, 0) is 37.5 Å². The predicted octanol–water partition coefficient (Wildman–Crippen LogP) is 4.04. The molecule has 1 amide bonds. The molecule has 1 aliphatic heterocycles. The van der Waals surface area contributed by atoms with Gasteiger partial charge in [0.2, 0.25) is 5.89 Å². The Bertz CT molecular complexity index is 939. The smallest absolute Gasteiger partial charge is 0.256 e. The zero-order valence-electron chi connectivity index (χ0n) is 15.9. The molecule has 4 rings (SSSR count). The molecule has 3 aromatic rings. The Morgan fingerprint density at radius 1 is 1.21 bits per heavy atom. The number of hydrogen-bond donors (Lipinski definition) is 0. The molecule has 144 valence electrons. The van der Waals surface area contributed by atoms with Crippen molar-refractivity contribution in [1.29, 1.82) is 0 Å². The minimum Gasteiger partial charge on any atom is -0.496 e. The average molecular weight is 377 g/mol. The van der Waals surface area contributed by atoms with Crippen molar-refractivity contribution in [2.24, 2.45) is 0 Å². The molecular formula is C22H23N3O3. The van der Waals surface area contributed by atoms with Gasteiger partial charge in [0.25, 0.3) is 5.91 Å². The third kappa shape index (κ3) is 3.76. The van der Waals surface area contributed by atoms with E-state index in [1.165, 1.54) is 0 Å². The summed E-state index contributed by atoms with van der Waals surface area (Å²) in [7, 11) is 1.66. The van der Waals surface area contributed by atoms with Gasteiger partial charge in [0.05, 0.1) is 18.9 Å². The second-order valence-electron chi connectivity index (χ2n) is 6.91. The second kappa shape index (κ2) is 8.25. The number of piperidine rings is 1. The molecule has 1 fully saturated rings. The Kier molecular flexibility index (Phi) is 5.37. The Morgan fingerprint density at radius 2 is 2.11 bits per heavy atom. The van der Waals surface area contributed by atoms with Crippen LogP contribution in [0.1, 0.15) is 52.9 Å². The number of pyridine rings is 1. The summed E-state index contributed by atoms with van der Waals surface area (Å²) in [5.41, 5.74) is 1.63. The number of para-hydroxylation sites is 1. The van der Waals surface area contributed by atoms with Crippen molar-refractivity contribution >= 4 is 5.91 Å². The van der Waals surface area contributed by atoms with E-state index in [9.17, 15) is 4.79 Å². The topological polar surface area (TPSA) is 68.5 Å². The van der Waals surface area contributed by atoms with E-state index in [0.29, 0.717) is 24.4 Å². The third-order valence-corrected chi connectivity index (χ3v) is 5.09. The Balaban J connectivity index is 1.55. The minimum atomic E-state index is -0.145. The summed E-state index contributed by atoms with van der Waals surface area (Å²) in [5.74, 6) is 2.16. The summed E-state index contributed by atoms with van der Waals surface area (Å²) < 4.78 is 11.5. The normalized spacial score (nSPS) is 16.8. The number of oxazole rings is 1. The molecule has 0 bridgehead atoms. The first kappa shape index (κ1) is 18.2. The van der Waals surface area contributed by atoms with Crippen LogP contribution in [0.3, 0.4) is 0 Å². The van der Waals surface area contributed by atoms with Crippen LogP contribution in [0.25, 0.3) is 0 Å². The van der Waals surface area contributed by atoms with E-state index in [1.54, 1.807) is 37.8 Å². The Hall–Kier alpha value is -3.15. The summed E-state index contributed by atoms with van der Waals surface area (Å²) in [6, 6.07) is 11.3. The molecule has 0 unspecified atom stereocenters. The zero-order chi connectivity index (χ0) is 19.3. The Labute approximate surface area is 164 Å². The standard InChI is InChI=1S/C22H23N3O3/c1-27-20-10-3-2-7-16(20)13-18-15-24-21(28-18)19-9-4-5-12-25(19)22(26)17-8-6-11-23-14-17/h2-3,6-8,10-11,14-15,19H,4-5,9,12-13H2,1H3/t19-/m1/s1. The number of rotatable bonds is 5. The number of aromatic nitrogens is 2. The molecule has 1 aliphatic rings. The maximum Gasteiger partial charge on any atom is 0.256 e. The number of ether oxygens (including phenoxy) is 1. The van der Waals surface area contributed by atoms with Crippen LogP contribution in [0.15, 0.2) is 59.4 Å². The van der Waals surface area contributed by atoms with Crippen molar-refractivity contribution in [1.82, 2.24) is 14.9 Å². The molecule has 0 N–H and O–H groups in total. The molecule has 6 nitrogen and oxygen atoms in total. The van der Waals surface area contributed by atoms with Gasteiger partial charge in [0, 0.05) is 30.9 Å². The lowest BCUT2D eigenvalue weighted by atomic mass is 10.0. The highest BCUT2D eigenvalue weighted by molar-refractivity contribution is 5.94. The maximum atomic E-state index is 13.0. The van der Waals surface area contributed by atoms with Gasteiger partial charge in [-0.2, -0.15) is 0 Å². The van der Waals surface area contributed by atoms with Crippen LogP contribution in [0, 0.1) is 0 Å². The predicted molar refractivity (Wildman–Crippen MR) is 104 cm³/mol. The van der Waals surface area contributed by atoms with Crippen LogP contribution in [-0.4, -0.2) is 34.4 Å². The lowest BCUT2D eigenvalue weighted by Crippen LogP contribution is -2.38. The minimum absolute atomic E-state index is 0.0257. The first-order valence-electron chi connectivity index (χ1n) is 9.54. The van der Waals surface area contributed by atoms with Crippen molar-refractivity contribution in [3.05, 3.63) is 77.8 Å². The molecule has 0 spiro atoms. The number of nitrogens with zero attached hydrogens (tertiary/aromatic N) is 3. The number of likely N-dealkylation sites (tertiary alicyclic amines) is 1. The van der Waals surface area contributed by atoms with E-state index in [2.05, 4.69) is 9.97 Å². The molecule has 2 aromatic heterocycles. The van der Waals surface area contributed by atoms with Crippen LogP contribution in [-0.2, 0) is 6.42 Å². The van der Waals surface area contributed by atoms with Crippen LogP contribution in [0.4, 0.5) is 0 Å². The number of benzene rings is 1. The van der Waals surface area contributed by atoms with Gasteiger partial charge in [-0.3, -0.25) is 9.78 Å². The van der Waals surface area contributed by atoms with Crippen molar-refractivity contribution in [3.8, 4) is 5.75 Å². The van der Waals surface area contributed by atoms with Crippen LogP contribution < -0.4 is 4.74 Å². The van der Waals surface area contributed by atoms with Gasteiger partial charge in [-0.1, -0.05) is 18.2 Å². The number of carbonyl (C=O) groups is 1. The van der Waals surface area contributed by atoms with E-state index >= 15 is 0 Å². The fourth-order valence-corrected chi connectivity index (χ4v) is 3.68. The molecule has 1 saturated heterocycles. The number of hydrogen-bond acceptors (Lipinski definition) is 5. The molecule has 28 heavy (non-hydrogen) atoms. The van der Waals surface area contributed by atoms with Gasteiger partial charge in [-0.15, -0.1) is 0 Å². The zero-order valence-corrected chi connectivity index (χ0v) is 15.9. The summed E-state index contributed by atoms with van der Waals surface area (Å²) in [4.78, 5) is 23.4. The summed E-state index contributed by atoms with van der Waals surface area (Å²) in [6.07, 6.45) is 8.51. The highest BCUT2D eigenvalue weighted by Gasteiger charge is 2.32. The second-order valence-corrected chi connectivity index (χ2v) is 6.91. The van der Waals surface area contributed by atoms with Crippen molar-refractivity contribution in [3.63, 3.8) is 0 Å². The van der Waals surface area contributed by atoms with Gasteiger partial charge >= 0.3 is 0 Å². The van der Waals surface area contributed by atoms with Gasteiger partial charge < -0.3 is 14.1 Å². The van der Waals surface area contributed by atoms with Crippen molar-refractivity contribution in [2.75, 3.05) is 13.7 Å². The number of methoxy groups -OCH3 is 1.